The van der Waals surface area contributed by atoms with Crippen molar-refractivity contribution in [2.24, 2.45) is 0 Å². The maximum Gasteiger partial charge on any atom is 0.421 e. The van der Waals surface area contributed by atoms with Gasteiger partial charge in [-0.15, -0.1) is 0 Å². The number of halogens is 6. The topological polar surface area (TPSA) is 20.2 Å². The molecule has 16 heavy (non-hydrogen) atoms. The summed E-state index contributed by atoms with van der Waals surface area (Å²) >= 11 is 0. The summed E-state index contributed by atoms with van der Waals surface area (Å²) in [6.07, 6.45) is -13.6. The Morgan fingerprint density at radius 2 is 1.56 bits per heavy atom. The lowest BCUT2D eigenvalue weighted by Gasteiger charge is -2.17. The number of rotatable bonds is 3. The molecule has 0 aromatic carbocycles. The van der Waals surface area contributed by atoms with E-state index in [0.717, 1.165) is 0 Å². The van der Waals surface area contributed by atoms with Gasteiger partial charge in [-0.2, -0.15) is 26.3 Å². The lowest BCUT2D eigenvalue weighted by atomic mass is 9.84. The Labute approximate surface area is 89.5 Å². The van der Waals surface area contributed by atoms with Crippen molar-refractivity contribution >= 4 is 7.85 Å². The zero-order chi connectivity index (χ0) is 13.1. The van der Waals surface area contributed by atoms with Crippen LogP contribution in [-0.2, 0) is 0 Å². The molecule has 0 fully saturated rings. The third-order valence-corrected chi connectivity index (χ3v) is 1.58. The summed E-state index contributed by atoms with van der Waals surface area (Å²) in [5.74, 6) is -0.700. The van der Waals surface area contributed by atoms with E-state index in [-0.39, 0.29) is 12.5 Å². The number of hydrogen-bond donors (Lipinski definition) is 1. The van der Waals surface area contributed by atoms with Gasteiger partial charge in [-0.1, -0.05) is 12.7 Å². The van der Waals surface area contributed by atoms with E-state index in [9.17, 15) is 26.3 Å². The Bertz CT molecular complexity index is 238. The van der Waals surface area contributed by atoms with Crippen LogP contribution in [0.15, 0.2) is 11.6 Å². The van der Waals surface area contributed by atoms with Gasteiger partial charge in [-0.25, -0.2) is 0 Å². The van der Waals surface area contributed by atoms with Crippen molar-refractivity contribution < 1.29 is 31.4 Å². The monoisotopic (exact) mass is 246 g/mol. The van der Waals surface area contributed by atoms with E-state index < -0.39 is 29.8 Å². The summed E-state index contributed by atoms with van der Waals surface area (Å²) in [5.41, 5.74) is -2.71. The average Bonchev–Trinajstić information content (AvgIpc) is 1.94. The maximum atomic E-state index is 12.0. The second-order valence-electron chi connectivity index (χ2n) is 3.36. The summed E-state index contributed by atoms with van der Waals surface area (Å²) < 4.78 is 71.9. The van der Waals surface area contributed by atoms with Crippen LogP contribution >= 0.6 is 0 Å². The van der Waals surface area contributed by atoms with Crippen LogP contribution in [0.4, 0.5) is 26.3 Å². The third kappa shape index (κ3) is 5.43. The maximum absolute atomic E-state index is 12.0. The number of allylic oxidation sites excluding steroid dienone is 1. The van der Waals surface area contributed by atoms with Crippen LogP contribution in [0.1, 0.15) is 13.3 Å². The zero-order valence-corrected chi connectivity index (χ0v) is 8.23. The molecule has 0 saturated carbocycles. The first-order valence-corrected chi connectivity index (χ1v) is 4.24. The van der Waals surface area contributed by atoms with Crippen molar-refractivity contribution in [3.05, 3.63) is 11.6 Å². The molecule has 0 aliphatic heterocycles. The Morgan fingerprint density at radius 3 is 1.81 bits per heavy atom. The van der Waals surface area contributed by atoms with E-state index in [1.54, 1.807) is 0 Å². The van der Waals surface area contributed by atoms with E-state index in [0.29, 0.717) is 0 Å². The Balaban J connectivity index is 4.99. The van der Waals surface area contributed by atoms with Crippen LogP contribution in [0.5, 0.6) is 0 Å². The first kappa shape index (κ1) is 15.3. The van der Waals surface area contributed by atoms with Crippen LogP contribution in [-0.4, -0.2) is 31.4 Å². The predicted octanol–water partition coefficient (Wildman–Crippen LogP) is 2.77. The van der Waals surface area contributed by atoms with E-state index in [1.807, 2.05) is 0 Å². The van der Waals surface area contributed by atoms with Crippen LogP contribution < -0.4 is 0 Å². The smallest absolute Gasteiger partial charge is 0.389 e. The minimum atomic E-state index is -5.54. The minimum Gasteiger partial charge on any atom is -0.389 e. The summed E-state index contributed by atoms with van der Waals surface area (Å²) in [6.45, 7) is 1.36. The van der Waals surface area contributed by atoms with Crippen LogP contribution in [0, 0.1) is 0 Å². The van der Waals surface area contributed by atoms with E-state index in [2.05, 4.69) is 0 Å². The fourth-order valence-corrected chi connectivity index (χ4v) is 0.991. The molecule has 1 N–H and O–H groups in total. The molecule has 2 atom stereocenters. The molecule has 0 aromatic rings. The van der Waals surface area contributed by atoms with Crippen molar-refractivity contribution in [1.29, 1.82) is 0 Å². The van der Waals surface area contributed by atoms with Crippen LogP contribution in [0.2, 0.25) is 5.82 Å². The molecule has 0 aliphatic rings. The van der Waals surface area contributed by atoms with Gasteiger partial charge in [-0.3, -0.25) is 0 Å². The van der Waals surface area contributed by atoms with Gasteiger partial charge >= 0.3 is 12.4 Å². The van der Waals surface area contributed by atoms with Gasteiger partial charge in [0.05, 0.1) is 14.0 Å². The summed E-state index contributed by atoms with van der Waals surface area (Å²) in [6, 6.07) is 0. The lowest BCUT2D eigenvalue weighted by Crippen LogP contribution is -2.28. The molecule has 2 radical (unpaired) electrons. The van der Waals surface area contributed by atoms with Gasteiger partial charge in [0, 0.05) is 0 Å². The minimum absolute atomic E-state index is 0.261. The highest BCUT2D eigenvalue weighted by atomic mass is 19.4. The number of hydrogen-bond acceptors (Lipinski definition) is 1. The zero-order valence-electron chi connectivity index (χ0n) is 8.23. The Kier molecular flexibility index (Phi) is 4.91. The second-order valence-corrected chi connectivity index (χ2v) is 3.36. The van der Waals surface area contributed by atoms with Crippen LogP contribution in [0.3, 0.4) is 0 Å². The van der Waals surface area contributed by atoms with Crippen molar-refractivity contribution in [3.63, 3.8) is 0 Å². The van der Waals surface area contributed by atoms with Crippen LogP contribution in [0.25, 0.3) is 0 Å². The molecule has 0 bridgehead atoms. The number of aliphatic hydroxyl groups excluding tert-OH is 1. The Morgan fingerprint density at radius 1 is 1.19 bits per heavy atom. The van der Waals surface area contributed by atoms with Crippen molar-refractivity contribution in [2.75, 3.05) is 0 Å². The molecule has 0 spiro atoms. The van der Waals surface area contributed by atoms with Gasteiger partial charge in [0.25, 0.3) is 0 Å². The molecule has 8 heteroatoms. The number of alkyl halides is 6. The van der Waals surface area contributed by atoms with E-state index >= 15 is 0 Å². The van der Waals surface area contributed by atoms with Gasteiger partial charge in [0.1, 0.15) is 5.57 Å². The summed E-state index contributed by atoms with van der Waals surface area (Å²) in [4.78, 5) is 0. The van der Waals surface area contributed by atoms with Crippen molar-refractivity contribution in [1.82, 2.24) is 0 Å². The molecule has 0 aromatic heterocycles. The highest BCUT2D eigenvalue weighted by Gasteiger charge is 2.50. The average molecular weight is 246 g/mol. The fourth-order valence-electron chi connectivity index (χ4n) is 0.991. The molecule has 1 unspecified atom stereocenters. The molecule has 92 valence electrons. The molecule has 1 nitrogen and oxygen atoms in total. The van der Waals surface area contributed by atoms with Gasteiger partial charge in [-0.05, 0) is 12.5 Å². The molecule has 0 saturated heterocycles. The third-order valence-electron chi connectivity index (χ3n) is 1.58. The van der Waals surface area contributed by atoms with Crippen molar-refractivity contribution in [3.8, 4) is 0 Å². The van der Waals surface area contributed by atoms with Gasteiger partial charge < -0.3 is 5.11 Å². The molecule has 0 rings (SSSR count). The highest BCUT2D eigenvalue weighted by Crippen LogP contribution is 2.39. The molecular weight excluding hydrogens is 237 g/mol. The van der Waals surface area contributed by atoms with E-state index in [4.69, 9.17) is 13.0 Å². The first-order valence-electron chi connectivity index (χ1n) is 4.24. The molecule has 0 amide bonds. The fraction of sp³-hybridized carbons (Fsp3) is 0.750. The van der Waals surface area contributed by atoms with Gasteiger partial charge in [0.2, 0.25) is 0 Å². The summed E-state index contributed by atoms with van der Waals surface area (Å²) in [5, 5.41) is 8.96. The number of aliphatic hydroxyl groups is 1. The Hall–Kier alpha value is -0.655. The quantitative estimate of drug-likeness (QED) is 0.461. The second kappa shape index (κ2) is 5.12. The lowest BCUT2D eigenvalue weighted by molar-refractivity contribution is -0.173. The molecular formula is C8H9BF6O. The largest absolute Gasteiger partial charge is 0.421 e. The van der Waals surface area contributed by atoms with Crippen molar-refractivity contribution in [2.45, 2.75) is 37.6 Å². The van der Waals surface area contributed by atoms with E-state index in [1.165, 1.54) is 6.92 Å². The standard InChI is InChI=1S/C8H9BF6O/c1-4(9)2-5(16)3-6(7(10,11)12)8(13,14)15/h3-5,16H,2H2,1H3/t4?,5-/m0/s1. The predicted molar refractivity (Wildman–Crippen MR) is 46.0 cm³/mol. The SMILES string of the molecule is [B]C(C)C[C@H](O)C=C(C(F)(F)F)C(F)(F)F. The molecule has 0 aliphatic carbocycles. The van der Waals surface area contributed by atoms with Gasteiger partial charge in [0.15, 0.2) is 0 Å². The first-order chi connectivity index (χ1) is 6.94. The normalized spacial score (nSPS) is 16.8. The molecule has 0 heterocycles. The summed E-state index contributed by atoms with van der Waals surface area (Å²) in [7, 11) is 5.14. The highest BCUT2D eigenvalue weighted by molar-refractivity contribution is 6.11.